The fourth-order valence-electron chi connectivity index (χ4n) is 2.85. The minimum Gasteiger partial charge on any atom is -0.452 e. The average molecular weight is 364 g/mol. The van der Waals surface area contributed by atoms with Crippen molar-refractivity contribution in [3.8, 4) is 0 Å². The van der Waals surface area contributed by atoms with Gasteiger partial charge in [0.2, 0.25) is 0 Å². The summed E-state index contributed by atoms with van der Waals surface area (Å²) in [5.41, 5.74) is 2.25. The summed E-state index contributed by atoms with van der Waals surface area (Å²) >= 11 is 11.7. The van der Waals surface area contributed by atoms with Crippen molar-refractivity contribution in [2.45, 2.75) is 19.4 Å². The second-order valence-electron chi connectivity index (χ2n) is 5.65. The van der Waals surface area contributed by atoms with Gasteiger partial charge in [-0.25, -0.2) is 4.79 Å². The van der Waals surface area contributed by atoms with Crippen LogP contribution in [0.25, 0.3) is 0 Å². The summed E-state index contributed by atoms with van der Waals surface area (Å²) < 4.78 is 5.13. The zero-order valence-electron chi connectivity index (χ0n) is 13.0. The number of fused-ring (bicyclic) bond motifs is 1. The van der Waals surface area contributed by atoms with Crippen molar-refractivity contribution in [1.82, 2.24) is 0 Å². The van der Waals surface area contributed by atoms with E-state index in [1.165, 1.54) is 18.2 Å². The minimum absolute atomic E-state index is 0.0404. The molecule has 1 amide bonds. The maximum atomic E-state index is 12.5. The number of benzene rings is 2. The van der Waals surface area contributed by atoms with Gasteiger partial charge in [0.1, 0.15) is 0 Å². The van der Waals surface area contributed by atoms with Crippen molar-refractivity contribution in [2.75, 3.05) is 11.5 Å². The van der Waals surface area contributed by atoms with Crippen LogP contribution in [-0.4, -0.2) is 24.5 Å². The molecule has 1 atom stereocenters. The van der Waals surface area contributed by atoms with Crippen LogP contribution in [0.4, 0.5) is 5.69 Å². The summed E-state index contributed by atoms with van der Waals surface area (Å²) in [7, 11) is 0. The van der Waals surface area contributed by atoms with Crippen LogP contribution in [0.15, 0.2) is 42.5 Å². The molecule has 1 aliphatic rings. The molecule has 0 bridgehead atoms. The third-order valence-electron chi connectivity index (χ3n) is 3.96. The summed E-state index contributed by atoms with van der Waals surface area (Å²) in [5, 5.41) is 0.617. The van der Waals surface area contributed by atoms with Crippen molar-refractivity contribution < 1.29 is 14.3 Å². The van der Waals surface area contributed by atoms with Gasteiger partial charge in [-0.2, -0.15) is 0 Å². The number of anilines is 1. The number of esters is 1. The molecule has 0 aromatic heterocycles. The Morgan fingerprint density at radius 1 is 1.17 bits per heavy atom. The van der Waals surface area contributed by atoms with Gasteiger partial charge in [0.15, 0.2) is 6.61 Å². The molecule has 0 N–H and O–H groups in total. The van der Waals surface area contributed by atoms with Crippen molar-refractivity contribution in [2.24, 2.45) is 0 Å². The lowest BCUT2D eigenvalue weighted by Gasteiger charge is -2.22. The summed E-state index contributed by atoms with van der Waals surface area (Å²) in [6.07, 6.45) is 0.794. The fourth-order valence-corrected chi connectivity index (χ4v) is 3.15. The van der Waals surface area contributed by atoms with Crippen LogP contribution >= 0.6 is 23.2 Å². The smallest absolute Gasteiger partial charge is 0.338 e. The molecule has 1 aliphatic heterocycles. The van der Waals surface area contributed by atoms with Gasteiger partial charge in [-0.05, 0) is 43.2 Å². The van der Waals surface area contributed by atoms with Gasteiger partial charge >= 0.3 is 5.97 Å². The number of rotatable bonds is 3. The Balaban J connectivity index is 1.67. The van der Waals surface area contributed by atoms with Crippen molar-refractivity contribution in [3.05, 3.63) is 63.6 Å². The summed E-state index contributed by atoms with van der Waals surface area (Å²) in [6, 6.07) is 12.2. The van der Waals surface area contributed by atoms with Gasteiger partial charge in [0.25, 0.3) is 5.91 Å². The van der Waals surface area contributed by atoms with Gasteiger partial charge in [0, 0.05) is 11.7 Å². The fraction of sp³-hybridized carbons (Fsp3) is 0.222. The zero-order valence-corrected chi connectivity index (χ0v) is 14.5. The van der Waals surface area contributed by atoms with Gasteiger partial charge in [0.05, 0.1) is 15.6 Å². The SMILES string of the molecule is C[C@H]1Cc2ccccc2N1C(=O)COC(=O)c1ccc(Cl)c(Cl)c1. The van der Waals surface area contributed by atoms with E-state index < -0.39 is 5.97 Å². The third kappa shape index (κ3) is 3.25. The van der Waals surface area contributed by atoms with Gasteiger partial charge in [-0.1, -0.05) is 41.4 Å². The van der Waals surface area contributed by atoms with E-state index in [2.05, 4.69) is 0 Å². The highest BCUT2D eigenvalue weighted by atomic mass is 35.5. The molecule has 2 aromatic rings. The lowest BCUT2D eigenvalue weighted by molar-refractivity contribution is -0.122. The van der Waals surface area contributed by atoms with Gasteiger partial charge in [-0.3, -0.25) is 4.79 Å². The molecule has 1 heterocycles. The van der Waals surface area contributed by atoms with Crippen LogP contribution in [0.2, 0.25) is 10.0 Å². The molecule has 0 saturated heterocycles. The predicted octanol–water partition coefficient (Wildman–Crippen LogP) is 4.13. The van der Waals surface area contributed by atoms with E-state index in [1.807, 2.05) is 31.2 Å². The number of nitrogens with zero attached hydrogens (tertiary/aromatic N) is 1. The van der Waals surface area contributed by atoms with E-state index in [0.717, 1.165) is 17.7 Å². The molecule has 24 heavy (non-hydrogen) atoms. The number of amides is 1. The molecule has 0 radical (unpaired) electrons. The Bertz CT molecular complexity index is 807. The van der Waals surface area contributed by atoms with Crippen LogP contribution < -0.4 is 4.90 Å². The van der Waals surface area contributed by atoms with E-state index in [9.17, 15) is 9.59 Å². The van der Waals surface area contributed by atoms with E-state index in [0.29, 0.717) is 5.02 Å². The Hall–Kier alpha value is -2.04. The molecule has 4 nitrogen and oxygen atoms in total. The monoisotopic (exact) mass is 363 g/mol. The molecule has 3 rings (SSSR count). The lowest BCUT2D eigenvalue weighted by Crippen LogP contribution is -2.38. The number of hydrogen-bond donors (Lipinski definition) is 0. The molecule has 0 aliphatic carbocycles. The second kappa shape index (κ2) is 6.83. The Kier molecular flexibility index (Phi) is 4.78. The molecule has 6 heteroatoms. The highest BCUT2D eigenvalue weighted by molar-refractivity contribution is 6.42. The highest BCUT2D eigenvalue weighted by Gasteiger charge is 2.31. The summed E-state index contributed by atoms with van der Waals surface area (Å²) in [5.74, 6) is -0.858. The molecular weight excluding hydrogens is 349 g/mol. The Labute approximate surface area is 149 Å². The highest BCUT2D eigenvalue weighted by Crippen LogP contribution is 2.31. The molecule has 0 saturated carbocycles. The standard InChI is InChI=1S/C18H15Cl2NO3/c1-11-8-12-4-2-3-5-16(12)21(11)17(22)10-24-18(23)13-6-7-14(19)15(20)9-13/h2-7,9,11H,8,10H2,1H3/t11-/m0/s1. The van der Waals surface area contributed by atoms with E-state index >= 15 is 0 Å². The molecule has 0 spiro atoms. The number of carbonyl (C=O) groups is 2. The van der Waals surface area contributed by atoms with Crippen LogP contribution in [-0.2, 0) is 16.0 Å². The molecular formula is C18H15Cl2NO3. The first-order chi connectivity index (χ1) is 11.5. The van der Waals surface area contributed by atoms with Crippen LogP contribution in [0.5, 0.6) is 0 Å². The summed E-state index contributed by atoms with van der Waals surface area (Å²) in [6.45, 7) is 1.65. The molecule has 124 valence electrons. The van der Waals surface area contributed by atoms with E-state index in [4.69, 9.17) is 27.9 Å². The van der Waals surface area contributed by atoms with Crippen LogP contribution in [0, 0.1) is 0 Å². The molecule has 2 aromatic carbocycles. The summed E-state index contributed by atoms with van der Waals surface area (Å²) in [4.78, 5) is 26.2. The lowest BCUT2D eigenvalue weighted by atomic mass is 10.1. The maximum Gasteiger partial charge on any atom is 0.338 e. The average Bonchev–Trinajstić information content (AvgIpc) is 2.90. The normalized spacial score (nSPS) is 16.0. The first kappa shape index (κ1) is 16.8. The van der Waals surface area contributed by atoms with Gasteiger partial charge in [-0.15, -0.1) is 0 Å². The Morgan fingerprint density at radius 3 is 2.67 bits per heavy atom. The largest absolute Gasteiger partial charge is 0.452 e. The number of carbonyl (C=O) groups excluding carboxylic acids is 2. The van der Waals surface area contributed by atoms with Crippen LogP contribution in [0.1, 0.15) is 22.8 Å². The minimum atomic E-state index is -0.609. The molecule has 0 unspecified atom stereocenters. The van der Waals surface area contributed by atoms with Crippen molar-refractivity contribution >= 4 is 40.8 Å². The predicted molar refractivity (Wildman–Crippen MR) is 93.8 cm³/mol. The second-order valence-corrected chi connectivity index (χ2v) is 6.47. The number of ether oxygens (including phenoxy) is 1. The zero-order chi connectivity index (χ0) is 17.3. The Morgan fingerprint density at radius 2 is 1.92 bits per heavy atom. The molecule has 0 fully saturated rings. The van der Waals surface area contributed by atoms with Crippen molar-refractivity contribution in [1.29, 1.82) is 0 Å². The third-order valence-corrected chi connectivity index (χ3v) is 4.70. The maximum absolute atomic E-state index is 12.5. The first-order valence-corrected chi connectivity index (χ1v) is 8.25. The van der Waals surface area contributed by atoms with E-state index in [1.54, 1.807) is 4.90 Å². The van der Waals surface area contributed by atoms with Crippen molar-refractivity contribution in [3.63, 3.8) is 0 Å². The number of halogens is 2. The van der Waals surface area contributed by atoms with Crippen LogP contribution in [0.3, 0.4) is 0 Å². The quantitative estimate of drug-likeness (QED) is 0.770. The topological polar surface area (TPSA) is 46.6 Å². The number of para-hydroxylation sites is 1. The number of hydrogen-bond acceptors (Lipinski definition) is 3. The first-order valence-electron chi connectivity index (χ1n) is 7.49. The van der Waals surface area contributed by atoms with Gasteiger partial charge < -0.3 is 9.64 Å². The van der Waals surface area contributed by atoms with E-state index in [-0.39, 0.29) is 29.1 Å².